The first-order valence-corrected chi connectivity index (χ1v) is 14.0. The number of carbonyl (C=O) groups excluding carboxylic acids is 2. The van der Waals surface area contributed by atoms with Crippen molar-refractivity contribution in [1.82, 2.24) is 0 Å². The van der Waals surface area contributed by atoms with Gasteiger partial charge in [0.15, 0.2) is 0 Å². The van der Waals surface area contributed by atoms with Crippen molar-refractivity contribution in [3.63, 3.8) is 0 Å². The average Bonchev–Trinajstić information content (AvgIpc) is 2.81. The molecule has 32 heavy (non-hydrogen) atoms. The molecular weight excluding hydrogens is 400 g/mol. The van der Waals surface area contributed by atoms with Gasteiger partial charge in [-0.3, -0.25) is 9.59 Å². The van der Waals surface area contributed by atoms with Gasteiger partial charge in [-0.2, -0.15) is 0 Å². The van der Waals surface area contributed by atoms with Gasteiger partial charge in [-0.1, -0.05) is 117 Å². The van der Waals surface area contributed by atoms with Gasteiger partial charge in [-0.25, -0.2) is 0 Å². The molecule has 4 heteroatoms. The molecule has 0 bridgehead atoms. The van der Waals surface area contributed by atoms with Crippen LogP contribution in [0.4, 0.5) is 0 Å². The van der Waals surface area contributed by atoms with Crippen LogP contribution in [-0.4, -0.2) is 25.2 Å². The first-order valence-electron chi connectivity index (χ1n) is 14.0. The van der Waals surface area contributed by atoms with Crippen molar-refractivity contribution in [2.24, 2.45) is 11.8 Å². The summed E-state index contributed by atoms with van der Waals surface area (Å²) in [4.78, 5) is 25.2. The van der Waals surface area contributed by atoms with E-state index in [-0.39, 0.29) is 23.8 Å². The third-order valence-corrected chi connectivity index (χ3v) is 6.86. The predicted molar refractivity (Wildman–Crippen MR) is 133 cm³/mol. The third kappa shape index (κ3) is 14.2. The van der Waals surface area contributed by atoms with Crippen LogP contribution >= 0.6 is 0 Å². The molecule has 0 spiro atoms. The highest BCUT2D eigenvalue weighted by molar-refractivity contribution is 5.82. The molecule has 0 radical (unpaired) electrons. The molecule has 1 fully saturated rings. The zero-order valence-corrected chi connectivity index (χ0v) is 21.3. The second kappa shape index (κ2) is 20.5. The van der Waals surface area contributed by atoms with E-state index in [0.717, 1.165) is 51.4 Å². The molecule has 1 aliphatic carbocycles. The maximum atomic E-state index is 12.6. The number of carbonyl (C=O) groups is 2. The van der Waals surface area contributed by atoms with E-state index in [4.69, 9.17) is 9.47 Å². The quantitative estimate of drug-likeness (QED) is 0.138. The van der Waals surface area contributed by atoms with Crippen molar-refractivity contribution in [2.75, 3.05) is 13.2 Å². The topological polar surface area (TPSA) is 52.6 Å². The summed E-state index contributed by atoms with van der Waals surface area (Å²) in [5.74, 6) is -0.962. The van der Waals surface area contributed by atoms with Gasteiger partial charge in [0.25, 0.3) is 0 Å². The molecule has 1 saturated carbocycles. The van der Waals surface area contributed by atoms with Gasteiger partial charge in [0.05, 0.1) is 25.0 Å². The second-order valence-electron chi connectivity index (χ2n) is 9.78. The Morgan fingerprint density at radius 1 is 0.531 bits per heavy atom. The molecule has 0 aromatic carbocycles. The van der Waals surface area contributed by atoms with Crippen molar-refractivity contribution >= 4 is 11.9 Å². The molecule has 2 unspecified atom stereocenters. The summed E-state index contributed by atoms with van der Waals surface area (Å²) >= 11 is 0. The average molecular weight is 453 g/mol. The molecule has 4 nitrogen and oxygen atoms in total. The molecule has 0 amide bonds. The zero-order valence-electron chi connectivity index (χ0n) is 21.3. The lowest BCUT2D eigenvalue weighted by Gasteiger charge is -2.28. The summed E-state index contributed by atoms with van der Waals surface area (Å²) < 4.78 is 11.1. The van der Waals surface area contributed by atoms with Crippen LogP contribution in [0.3, 0.4) is 0 Å². The van der Waals surface area contributed by atoms with Crippen LogP contribution in [0.1, 0.15) is 142 Å². The Hall–Kier alpha value is -1.06. The van der Waals surface area contributed by atoms with Crippen LogP contribution in [0.25, 0.3) is 0 Å². The maximum absolute atomic E-state index is 12.6. The summed E-state index contributed by atoms with van der Waals surface area (Å²) in [6.45, 7) is 5.45. The minimum absolute atomic E-state index is 0.179. The number of ether oxygens (including phenoxy) is 2. The van der Waals surface area contributed by atoms with Gasteiger partial charge in [-0.15, -0.1) is 0 Å². The van der Waals surface area contributed by atoms with Crippen LogP contribution in [-0.2, 0) is 19.1 Å². The number of unbranched alkanes of at least 4 members (excludes halogenated alkanes) is 14. The second-order valence-corrected chi connectivity index (χ2v) is 9.78. The molecule has 0 aromatic heterocycles. The Morgan fingerprint density at radius 2 is 0.844 bits per heavy atom. The summed E-state index contributed by atoms with van der Waals surface area (Å²) in [5, 5.41) is 0. The number of esters is 2. The van der Waals surface area contributed by atoms with Crippen molar-refractivity contribution in [1.29, 1.82) is 0 Å². The first kappa shape index (κ1) is 29.0. The zero-order chi connectivity index (χ0) is 23.3. The van der Waals surface area contributed by atoms with Gasteiger partial charge in [-0.05, 0) is 25.7 Å². The van der Waals surface area contributed by atoms with E-state index >= 15 is 0 Å². The Labute approximate surface area is 198 Å². The Balaban J connectivity index is 2.14. The van der Waals surface area contributed by atoms with E-state index < -0.39 is 0 Å². The molecule has 0 aromatic rings. The van der Waals surface area contributed by atoms with E-state index in [0.29, 0.717) is 13.2 Å². The molecule has 0 saturated heterocycles. The van der Waals surface area contributed by atoms with Gasteiger partial charge in [0, 0.05) is 0 Å². The van der Waals surface area contributed by atoms with E-state index in [1.165, 1.54) is 77.0 Å². The minimum Gasteiger partial charge on any atom is -0.465 e. The SMILES string of the molecule is CCCCCCCCCCCOC(=O)C1CCCCC1C(=O)OCCCCCCCCC. The normalized spacial score (nSPS) is 18.4. The van der Waals surface area contributed by atoms with Gasteiger partial charge in [0.2, 0.25) is 0 Å². The summed E-state index contributed by atoms with van der Waals surface area (Å²) in [6, 6.07) is 0. The molecule has 1 aliphatic rings. The van der Waals surface area contributed by atoms with Crippen LogP contribution in [0.2, 0.25) is 0 Å². The number of hydrogen-bond acceptors (Lipinski definition) is 4. The lowest BCUT2D eigenvalue weighted by atomic mass is 9.79. The summed E-state index contributed by atoms with van der Waals surface area (Å²) in [5.41, 5.74) is 0. The third-order valence-electron chi connectivity index (χ3n) is 6.86. The van der Waals surface area contributed by atoms with E-state index in [9.17, 15) is 9.59 Å². The smallest absolute Gasteiger partial charge is 0.309 e. The van der Waals surface area contributed by atoms with Crippen LogP contribution < -0.4 is 0 Å². The van der Waals surface area contributed by atoms with Crippen LogP contribution in [0, 0.1) is 11.8 Å². The highest BCUT2D eigenvalue weighted by Crippen LogP contribution is 2.32. The van der Waals surface area contributed by atoms with Crippen molar-refractivity contribution in [3.05, 3.63) is 0 Å². The Kier molecular flexibility index (Phi) is 18.6. The maximum Gasteiger partial charge on any atom is 0.309 e. The van der Waals surface area contributed by atoms with E-state index in [2.05, 4.69) is 13.8 Å². The van der Waals surface area contributed by atoms with E-state index in [1.54, 1.807) is 0 Å². The van der Waals surface area contributed by atoms with Gasteiger partial charge >= 0.3 is 11.9 Å². The van der Waals surface area contributed by atoms with Crippen molar-refractivity contribution in [3.8, 4) is 0 Å². The van der Waals surface area contributed by atoms with Gasteiger partial charge < -0.3 is 9.47 Å². The fourth-order valence-electron chi connectivity index (χ4n) is 4.73. The molecule has 188 valence electrons. The largest absolute Gasteiger partial charge is 0.465 e. The summed E-state index contributed by atoms with van der Waals surface area (Å²) in [7, 11) is 0. The molecule has 0 heterocycles. The molecular formula is C28H52O4. The lowest BCUT2D eigenvalue weighted by Crippen LogP contribution is -2.35. The van der Waals surface area contributed by atoms with Crippen LogP contribution in [0.5, 0.6) is 0 Å². The fraction of sp³-hybridized carbons (Fsp3) is 0.929. The molecule has 0 N–H and O–H groups in total. The Morgan fingerprint density at radius 3 is 1.19 bits per heavy atom. The predicted octanol–water partition coefficient (Wildman–Crippen LogP) is 8.16. The Bertz CT molecular complexity index is 462. The first-order chi connectivity index (χ1) is 15.7. The fourth-order valence-corrected chi connectivity index (χ4v) is 4.73. The summed E-state index contributed by atoms with van der Waals surface area (Å²) in [6.07, 6.45) is 23.2. The van der Waals surface area contributed by atoms with Gasteiger partial charge in [0.1, 0.15) is 0 Å². The van der Waals surface area contributed by atoms with E-state index in [1.807, 2.05) is 0 Å². The molecule has 0 aliphatic heterocycles. The number of hydrogen-bond donors (Lipinski definition) is 0. The lowest BCUT2D eigenvalue weighted by molar-refractivity contribution is -0.163. The molecule has 1 rings (SSSR count). The highest BCUT2D eigenvalue weighted by Gasteiger charge is 2.37. The molecule has 2 atom stereocenters. The monoisotopic (exact) mass is 452 g/mol. The van der Waals surface area contributed by atoms with Crippen molar-refractivity contribution in [2.45, 2.75) is 142 Å². The minimum atomic E-state index is -0.302. The van der Waals surface area contributed by atoms with Crippen molar-refractivity contribution < 1.29 is 19.1 Å². The number of rotatable bonds is 20. The van der Waals surface area contributed by atoms with Crippen LogP contribution in [0.15, 0.2) is 0 Å². The standard InChI is InChI=1S/C28H52O4/c1-3-5-7-9-11-12-14-16-20-24-32-28(30)26-22-18-17-21-25(26)27(29)31-23-19-15-13-10-8-6-4-2/h25-26H,3-24H2,1-2H3. The highest BCUT2D eigenvalue weighted by atomic mass is 16.5.